The monoisotopic (exact) mass is 256 g/mol. The number of carbonyl (C=O) groups excluding carboxylic acids is 3. The van der Waals surface area contributed by atoms with Crippen LogP contribution in [-0.2, 0) is 9.53 Å². The summed E-state index contributed by atoms with van der Waals surface area (Å²) < 4.78 is 4.50. The summed E-state index contributed by atoms with van der Waals surface area (Å²) in [5.74, 6) is -1.05. The van der Waals surface area contributed by atoms with Crippen molar-refractivity contribution in [2.75, 3.05) is 7.11 Å². The first-order valence-electron chi connectivity index (χ1n) is 5.71. The maximum Gasteiger partial charge on any atom is 0.330 e. The summed E-state index contributed by atoms with van der Waals surface area (Å²) in [5.41, 5.74) is 1.40. The zero-order valence-electron chi connectivity index (χ0n) is 10.6. The van der Waals surface area contributed by atoms with E-state index in [0.717, 1.165) is 0 Å². The smallest absolute Gasteiger partial charge is 0.330 e. The fourth-order valence-corrected chi connectivity index (χ4v) is 1.92. The summed E-state index contributed by atoms with van der Waals surface area (Å²) in [7, 11) is 1.25. The van der Waals surface area contributed by atoms with Gasteiger partial charge in [0.15, 0.2) is 11.6 Å². The molecule has 1 aliphatic rings. The van der Waals surface area contributed by atoms with Gasteiger partial charge in [-0.15, -0.1) is 0 Å². The van der Waals surface area contributed by atoms with Crippen LogP contribution in [0.1, 0.15) is 27.6 Å². The summed E-state index contributed by atoms with van der Waals surface area (Å²) in [6.07, 6.45) is 2.46. The molecule has 0 atom stereocenters. The Balaban J connectivity index is 2.46. The minimum atomic E-state index is -0.558. The van der Waals surface area contributed by atoms with Crippen molar-refractivity contribution >= 4 is 17.5 Å². The van der Waals surface area contributed by atoms with Crippen LogP contribution in [0.25, 0.3) is 0 Å². The Hall–Kier alpha value is -2.49. The van der Waals surface area contributed by atoms with Crippen LogP contribution in [0.4, 0.5) is 0 Å². The molecule has 0 fully saturated rings. The van der Waals surface area contributed by atoms with E-state index in [4.69, 9.17) is 0 Å². The third-order valence-electron chi connectivity index (χ3n) is 2.92. The lowest BCUT2D eigenvalue weighted by Gasteiger charge is -2.15. The van der Waals surface area contributed by atoms with Gasteiger partial charge in [-0.3, -0.25) is 9.59 Å². The zero-order chi connectivity index (χ0) is 14.0. The van der Waals surface area contributed by atoms with Gasteiger partial charge in [0, 0.05) is 22.8 Å². The van der Waals surface area contributed by atoms with E-state index in [-0.39, 0.29) is 17.1 Å². The molecule has 1 aliphatic carbocycles. The van der Waals surface area contributed by atoms with Crippen LogP contribution in [0.15, 0.2) is 47.6 Å². The SMILES string of the molecule is COC(=O)C=C(C)C1=CC(=O)c2ccccc2C1=O. The maximum atomic E-state index is 12.3. The molecule has 0 unspecified atom stereocenters. The van der Waals surface area contributed by atoms with Crippen molar-refractivity contribution in [1.82, 2.24) is 0 Å². The number of esters is 1. The molecule has 0 amide bonds. The van der Waals surface area contributed by atoms with Crippen LogP contribution in [0.3, 0.4) is 0 Å². The number of ketones is 2. The first-order valence-corrected chi connectivity index (χ1v) is 5.71. The molecule has 0 radical (unpaired) electrons. The maximum absolute atomic E-state index is 12.3. The second kappa shape index (κ2) is 5.02. The number of rotatable bonds is 2. The van der Waals surface area contributed by atoms with Gasteiger partial charge in [-0.2, -0.15) is 0 Å². The van der Waals surface area contributed by atoms with Crippen molar-refractivity contribution in [3.05, 3.63) is 58.7 Å². The van der Waals surface area contributed by atoms with Crippen molar-refractivity contribution in [2.24, 2.45) is 0 Å². The Kier molecular flexibility index (Phi) is 3.42. The lowest BCUT2D eigenvalue weighted by atomic mass is 9.86. The van der Waals surface area contributed by atoms with Crippen molar-refractivity contribution in [3.8, 4) is 0 Å². The normalized spacial score (nSPS) is 14.8. The topological polar surface area (TPSA) is 60.4 Å². The van der Waals surface area contributed by atoms with Gasteiger partial charge in [0.05, 0.1) is 7.11 Å². The van der Waals surface area contributed by atoms with Gasteiger partial charge in [0.1, 0.15) is 0 Å². The lowest BCUT2D eigenvalue weighted by Crippen LogP contribution is -2.17. The number of ether oxygens (including phenoxy) is 1. The molecular weight excluding hydrogens is 244 g/mol. The van der Waals surface area contributed by atoms with Gasteiger partial charge in [0.25, 0.3) is 0 Å². The average molecular weight is 256 g/mol. The van der Waals surface area contributed by atoms with Crippen molar-refractivity contribution in [3.63, 3.8) is 0 Å². The first-order chi connectivity index (χ1) is 9.04. The molecule has 0 heterocycles. The molecule has 1 aromatic rings. The quantitative estimate of drug-likeness (QED) is 0.600. The summed E-state index contributed by atoms with van der Waals surface area (Å²) in [6, 6.07) is 6.63. The van der Waals surface area contributed by atoms with Crippen LogP contribution in [0.2, 0.25) is 0 Å². The molecule has 4 heteroatoms. The van der Waals surface area contributed by atoms with Crippen LogP contribution in [0, 0.1) is 0 Å². The number of allylic oxidation sites excluding steroid dienone is 3. The third kappa shape index (κ3) is 2.38. The van der Waals surface area contributed by atoms with Crippen LogP contribution in [-0.4, -0.2) is 24.6 Å². The highest BCUT2D eigenvalue weighted by atomic mass is 16.5. The molecule has 1 aromatic carbocycles. The van der Waals surface area contributed by atoms with Crippen molar-refractivity contribution < 1.29 is 19.1 Å². The summed E-state index contributed by atoms with van der Waals surface area (Å²) in [6.45, 7) is 1.60. The molecule has 96 valence electrons. The molecule has 0 aromatic heterocycles. The van der Waals surface area contributed by atoms with E-state index in [1.165, 1.54) is 19.3 Å². The molecule has 0 aliphatic heterocycles. The van der Waals surface area contributed by atoms with Crippen molar-refractivity contribution in [1.29, 1.82) is 0 Å². The van der Waals surface area contributed by atoms with Gasteiger partial charge >= 0.3 is 5.97 Å². The minimum Gasteiger partial charge on any atom is -0.466 e. The second-order valence-corrected chi connectivity index (χ2v) is 4.15. The van der Waals surface area contributed by atoms with E-state index < -0.39 is 5.97 Å². The summed E-state index contributed by atoms with van der Waals surface area (Å²) in [5, 5.41) is 0. The number of fused-ring (bicyclic) bond motifs is 1. The van der Waals surface area contributed by atoms with E-state index in [1.54, 1.807) is 31.2 Å². The van der Waals surface area contributed by atoms with Gasteiger partial charge in [-0.25, -0.2) is 4.79 Å². The van der Waals surface area contributed by atoms with Gasteiger partial charge < -0.3 is 4.74 Å². The molecule has 0 saturated heterocycles. The third-order valence-corrected chi connectivity index (χ3v) is 2.92. The summed E-state index contributed by atoms with van der Waals surface area (Å²) >= 11 is 0. The summed E-state index contributed by atoms with van der Waals surface area (Å²) in [4.78, 5) is 35.4. The van der Waals surface area contributed by atoms with Crippen molar-refractivity contribution in [2.45, 2.75) is 6.92 Å². The Labute approximate surface area is 110 Å². The number of benzene rings is 1. The Morgan fingerprint density at radius 3 is 2.42 bits per heavy atom. The molecular formula is C15H12O4. The first kappa shape index (κ1) is 13.0. The molecule has 0 spiro atoms. The molecule has 19 heavy (non-hydrogen) atoms. The van der Waals surface area contributed by atoms with E-state index in [9.17, 15) is 14.4 Å². The predicted octanol–water partition coefficient (Wildman–Crippen LogP) is 2.11. The molecule has 4 nitrogen and oxygen atoms in total. The highest BCUT2D eigenvalue weighted by Crippen LogP contribution is 2.25. The predicted molar refractivity (Wildman–Crippen MR) is 69.0 cm³/mol. The van der Waals surface area contributed by atoms with E-state index in [1.807, 2.05) is 0 Å². The second-order valence-electron chi connectivity index (χ2n) is 4.15. The minimum absolute atomic E-state index is 0.231. The standard InChI is InChI=1S/C15H12O4/c1-9(7-14(17)19-2)12-8-13(16)10-5-3-4-6-11(10)15(12)18/h3-8H,1-2H3. The molecule has 0 N–H and O–H groups in total. The fourth-order valence-electron chi connectivity index (χ4n) is 1.92. The highest BCUT2D eigenvalue weighted by Gasteiger charge is 2.25. The fraction of sp³-hybridized carbons (Fsp3) is 0.133. The number of hydrogen-bond donors (Lipinski definition) is 0. The van der Waals surface area contributed by atoms with Crippen LogP contribution >= 0.6 is 0 Å². The Morgan fingerprint density at radius 1 is 1.16 bits per heavy atom. The number of Topliss-reactive ketones (excluding diaryl/α,β-unsaturated/α-hetero) is 1. The number of methoxy groups -OCH3 is 1. The lowest BCUT2D eigenvalue weighted by molar-refractivity contribution is -0.134. The van der Waals surface area contributed by atoms with Crippen LogP contribution < -0.4 is 0 Å². The van der Waals surface area contributed by atoms with E-state index >= 15 is 0 Å². The van der Waals surface area contributed by atoms with Crippen LogP contribution in [0.5, 0.6) is 0 Å². The highest BCUT2D eigenvalue weighted by molar-refractivity contribution is 6.26. The molecule has 0 saturated carbocycles. The largest absolute Gasteiger partial charge is 0.466 e. The molecule has 0 bridgehead atoms. The Bertz CT molecular complexity index is 635. The van der Waals surface area contributed by atoms with Gasteiger partial charge in [-0.05, 0) is 18.6 Å². The Morgan fingerprint density at radius 2 is 1.79 bits per heavy atom. The average Bonchev–Trinajstić information content (AvgIpc) is 2.42. The zero-order valence-corrected chi connectivity index (χ0v) is 10.6. The number of hydrogen-bond acceptors (Lipinski definition) is 4. The molecule has 2 rings (SSSR count). The van der Waals surface area contributed by atoms with E-state index in [0.29, 0.717) is 16.7 Å². The number of carbonyl (C=O) groups is 3. The van der Waals surface area contributed by atoms with Gasteiger partial charge in [0.2, 0.25) is 0 Å². The van der Waals surface area contributed by atoms with E-state index in [2.05, 4.69) is 4.74 Å². The van der Waals surface area contributed by atoms with Gasteiger partial charge in [-0.1, -0.05) is 24.3 Å².